The van der Waals surface area contributed by atoms with Crippen molar-refractivity contribution in [2.24, 2.45) is 11.8 Å². The third-order valence-corrected chi connectivity index (χ3v) is 2.97. The van der Waals surface area contributed by atoms with E-state index in [1.54, 1.807) is 0 Å². The molecule has 0 amide bonds. The molecule has 0 fully saturated rings. The molecule has 0 aliphatic rings. The van der Waals surface area contributed by atoms with Gasteiger partial charge in [-0.2, -0.15) is 0 Å². The van der Waals surface area contributed by atoms with Crippen LogP contribution in [0.2, 0.25) is 0 Å². The maximum absolute atomic E-state index is 6.02. The topological polar surface area (TPSA) is 9.23 Å². The van der Waals surface area contributed by atoms with Crippen molar-refractivity contribution in [1.29, 1.82) is 0 Å². The first kappa shape index (κ1) is 15.6. The smallest absolute Gasteiger partial charge is 0.125 e. The zero-order valence-electron chi connectivity index (χ0n) is 13.1. The summed E-state index contributed by atoms with van der Waals surface area (Å²) in [6, 6.07) is 4.42. The highest BCUT2D eigenvalue weighted by Crippen LogP contribution is 2.28. The van der Waals surface area contributed by atoms with Gasteiger partial charge in [-0.15, -0.1) is 11.8 Å². The van der Waals surface area contributed by atoms with E-state index in [-0.39, 0.29) is 0 Å². The van der Waals surface area contributed by atoms with Gasteiger partial charge in [-0.3, -0.25) is 0 Å². The van der Waals surface area contributed by atoms with E-state index in [2.05, 4.69) is 58.6 Å². The summed E-state index contributed by atoms with van der Waals surface area (Å²) in [4.78, 5) is 0. The van der Waals surface area contributed by atoms with E-state index in [4.69, 9.17) is 4.74 Å². The Kier molecular flexibility index (Phi) is 5.96. The molecule has 1 rings (SSSR count). The Hall–Kier alpha value is -1.42. The normalized spacial score (nSPS) is 11.9. The van der Waals surface area contributed by atoms with Crippen LogP contribution in [0.3, 0.4) is 0 Å². The molecule has 0 aliphatic heterocycles. The van der Waals surface area contributed by atoms with Crippen molar-refractivity contribution < 1.29 is 4.74 Å². The minimum absolute atomic E-state index is 0.368. The van der Waals surface area contributed by atoms with Crippen LogP contribution < -0.4 is 4.74 Å². The number of hydrogen-bond acceptors (Lipinski definition) is 1. The lowest BCUT2D eigenvalue weighted by Crippen LogP contribution is -2.09. The summed E-state index contributed by atoms with van der Waals surface area (Å²) < 4.78 is 6.02. The quantitative estimate of drug-likeness (QED) is 0.705. The van der Waals surface area contributed by atoms with Crippen molar-refractivity contribution in [3.63, 3.8) is 0 Å². The molecule has 1 atom stereocenters. The molecule has 1 heteroatoms. The van der Waals surface area contributed by atoms with Gasteiger partial charge in [0.15, 0.2) is 0 Å². The van der Waals surface area contributed by atoms with E-state index >= 15 is 0 Å². The van der Waals surface area contributed by atoms with E-state index in [0.29, 0.717) is 11.8 Å². The van der Waals surface area contributed by atoms with Gasteiger partial charge in [-0.05, 0) is 44.2 Å². The molecule has 0 bridgehead atoms. The Labute approximate surface area is 118 Å². The summed E-state index contributed by atoms with van der Waals surface area (Å²) in [5, 5.41) is 0. The van der Waals surface area contributed by atoms with Gasteiger partial charge in [-0.1, -0.05) is 38.5 Å². The van der Waals surface area contributed by atoms with Gasteiger partial charge in [0.25, 0.3) is 0 Å². The van der Waals surface area contributed by atoms with E-state index in [0.717, 1.165) is 18.8 Å². The van der Waals surface area contributed by atoms with Crippen LogP contribution in [-0.4, -0.2) is 6.61 Å². The van der Waals surface area contributed by atoms with Gasteiger partial charge < -0.3 is 4.74 Å². The Morgan fingerprint density at radius 3 is 2.42 bits per heavy atom. The predicted octanol–water partition coefficient (Wildman–Crippen LogP) is 4.54. The predicted molar refractivity (Wildman–Crippen MR) is 82.6 cm³/mol. The highest BCUT2D eigenvalue weighted by atomic mass is 16.5. The lowest BCUT2D eigenvalue weighted by atomic mass is 9.97. The highest BCUT2D eigenvalue weighted by Gasteiger charge is 2.11. The van der Waals surface area contributed by atoms with Gasteiger partial charge >= 0.3 is 0 Å². The van der Waals surface area contributed by atoms with Crippen molar-refractivity contribution >= 4 is 0 Å². The van der Waals surface area contributed by atoms with E-state index in [9.17, 15) is 0 Å². The summed E-state index contributed by atoms with van der Waals surface area (Å²) >= 11 is 0. The van der Waals surface area contributed by atoms with Crippen molar-refractivity contribution in [1.82, 2.24) is 0 Å². The zero-order valence-corrected chi connectivity index (χ0v) is 13.1. The van der Waals surface area contributed by atoms with Crippen LogP contribution >= 0.6 is 0 Å². The fourth-order valence-electron chi connectivity index (χ4n) is 2.28. The molecule has 0 heterocycles. The lowest BCUT2D eigenvalue weighted by molar-refractivity contribution is 0.266. The van der Waals surface area contributed by atoms with Crippen molar-refractivity contribution in [2.75, 3.05) is 6.61 Å². The third-order valence-electron chi connectivity index (χ3n) is 2.97. The zero-order chi connectivity index (χ0) is 14.4. The van der Waals surface area contributed by atoms with Crippen LogP contribution in [0.25, 0.3) is 0 Å². The first-order valence-electron chi connectivity index (χ1n) is 7.09. The monoisotopic (exact) mass is 258 g/mol. The molecule has 1 aromatic carbocycles. The molecular weight excluding hydrogens is 232 g/mol. The number of aryl methyl sites for hydroxylation is 2. The molecule has 0 radical (unpaired) electrons. The summed E-state index contributed by atoms with van der Waals surface area (Å²) in [5.41, 5.74) is 3.81. The molecule has 0 aromatic heterocycles. The Morgan fingerprint density at radius 2 is 1.84 bits per heavy atom. The van der Waals surface area contributed by atoms with Crippen LogP contribution in [0.5, 0.6) is 5.75 Å². The summed E-state index contributed by atoms with van der Waals surface area (Å²) in [6.45, 7) is 13.4. The largest absolute Gasteiger partial charge is 0.493 e. The second kappa shape index (κ2) is 7.24. The number of hydrogen-bond donors (Lipinski definition) is 0. The summed E-state index contributed by atoms with van der Waals surface area (Å²) in [5.74, 6) is 8.19. The van der Waals surface area contributed by atoms with Crippen LogP contribution in [0.1, 0.15) is 44.4 Å². The molecule has 0 spiro atoms. The molecule has 1 unspecified atom stereocenters. The number of benzene rings is 1. The number of ether oxygens (including phenoxy) is 1. The maximum Gasteiger partial charge on any atom is 0.125 e. The van der Waals surface area contributed by atoms with Gasteiger partial charge in [-0.25, -0.2) is 0 Å². The second-order valence-corrected chi connectivity index (χ2v) is 5.77. The second-order valence-electron chi connectivity index (χ2n) is 5.77. The van der Waals surface area contributed by atoms with Crippen molar-refractivity contribution in [3.05, 3.63) is 28.8 Å². The number of rotatable bonds is 5. The molecule has 1 aromatic rings. The Balaban J connectivity index is 3.00. The maximum atomic E-state index is 6.02. The lowest BCUT2D eigenvalue weighted by Gasteiger charge is -2.17. The van der Waals surface area contributed by atoms with Crippen molar-refractivity contribution in [3.8, 4) is 17.6 Å². The molecule has 0 saturated carbocycles. The molecule has 0 aliphatic carbocycles. The van der Waals surface area contributed by atoms with Crippen LogP contribution in [-0.2, 0) is 6.42 Å². The summed E-state index contributed by atoms with van der Waals surface area (Å²) in [7, 11) is 0. The van der Waals surface area contributed by atoms with E-state index < -0.39 is 0 Å². The first-order chi connectivity index (χ1) is 8.93. The van der Waals surface area contributed by atoms with Gasteiger partial charge in [0.05, 0.1) is 6.61 Å². The van der Waals surface area contributed by atoms with Crippen LogP contribution in [0, 0.1) is 37.5 Å². The highest BCUT2D eigenvalue weighted by molar-refractivity contribution is 5.44. The van der Waals surface area contributed by atoms with Gasteiger partial charge in [0, 0.05) is 5.92 Å². The Bertz CT molecular complexity index is 474. The summed E-state index contributed by atoms with van der Waals surface area (Å²) in [6.07, 6.45) is 0.955. The third kappa shape index (κ3) is 4.99. The average Bonchev–Trinajstić information content (AvgIpc) is 2.27. The minimum Gasteiger partial charge on any atom is -0.493 e. The fourth-order valence-corrected chi connectivity index (χ4v) is 2.28. The SMILES string of the molecule is CC#CC(C)Cc1cc(C)cc(C)c1OCC(C)C. The molecular formula is C18H26O. The van der Waals surface area contributed by atoms with Crippen molar-refractivity contribution in [2.45, 2.75) is 48.0 Å². The van der Waals surface area contributed by atoms with E-state index in [1.165, 1.54) is 16.7 Å². The molecule has 104 valence electrons. The molecule has 1 nitrogen and oxygen atoms in total. The first-order valence-corrected chi connectivity index (χ1v) is 7.09. The molecule has 19 heavy (non-hydrogen) atoms. The van der Waals surface area contributed by atoms with Crippen LogP contribution in [0.15, 0.2) is 12.1 Å². The molecule has 0 N–H and O–H groups in total. The average molecular weight is 258 g/mol. The van der Waals surface area contributed by atoms with E-state index in [1.807, 2.05) is 6.92 Å². The molecule has 0 saturated heterocycles. The fraction of sp³-hybridized carbons (Fsp3) is 0.556. The van der Waals surface area contributed by atoms with Gasteiger partial charge in [0.1, 0.15) is 5.75 Å². The minimum atomic E-state index is 0.368. The van der Waals surface area contributed by atoms with Gasteiger partial charge in [0.2, 0.25) is 0 Å². The van der Waals surface area contributed by atoms with Crippen LogP contribution in [0.4, 0.5) is 0 Å². The standard InChI is InChI=1S/C18H26O/c1-7-8-14(4)10-17-11-15(5)9-16(6)18(17)19-12-13(2)3/h9,11,13-14H,10,12H2,1-6H3. The Morgan fingerprint density at radius 1 is 1.16 bits per heavy atom.